The fraction of sp³-hybridized carbons (Fsp3) is 0.526. The first-order chi connectivity index (χ1) is 15.0. The van der Waals surface area contributed by atoms with Crippen molar-refractivity contribution in [2.24, 2.45) is 0 Å². The monoisotopic (exact) mass is 480 g/mol. The summed E-state index contributed by atoms with van der Waals surface area (Å²) in [7, 11) is -3.35. The van der Waals surface area contributed by atoms with Crippen LogP contribution in [-0.4, -0.2) is 78.8 Å². The number of aryl methyl sites for hydroxylation is 1. The largest absolute Gasteiger partial charge is 0.390 e. The molecule has 2 atom stereocenters. The minimum Gasteiger partial charge on any atom is -0.390 e. The predicted molar refractivity (Wildman–Crippen MR) is 121 cm³/mol. The van der Waals surface area contributed by atoms with Crippen molar-refractivity contribution in [3.05, 3.63) is 23.2 Å². The molecule has 0 bridgehead atoms. The second-order valence-corrected chi connectivity index (χ2v) is 10.5. The van der Waals surface area contributed by atoms with E-state index in [1.807, 2.05) is 25.3 Å². The van der Waals surface area contributed by atoms with Crippen LogP contribution in [0, 0.1) is 6.92 Å². The lowest BCUT2D eigenvalue weighted by atomic mass is 10.0. The average Bonchev–Trinajstić information content (AvgIpc) is 3.05. The van der Waals surface area contributed by atoms with E-state index in [2.05, 4.69) is 25.3 Å². The van der Waals surface area contributed by atoms with E-state index in [4.69, 9.17) is 16.6 Å². The van der Waals surface area contributed by atoms with Gasteiger partial charge >= 0.3 is 0 Å². The van der Waals surface area contributed by atoms with Crippen LogP contribution in [0.3, 0.4) is 0 Å². The molecule has 4 heterocycles. The maximum absolute atomic E-state index is 11.7. The molecular formula is C19H25ClN8O3S. The lowest BCUT2D eigenvalue weighted by molar-refractivity contribution is 0.0950. The molecule has 172 valence electrons. The molecule has 32 heavy (non-hydrogen) atoms. The number of β-amino-alcohol motifs (C(OH)–C–C–N with tert-alkyl or cyclic N) is 1. The molecule has 1 aliphatic rings. The number of piperidine rings is 1. The zero-order valence-electron chi connectivity index (χ0n) is 18.2. The Balaban J connectivity index is 1.62. The molecule has 0 spiro atoms. The van der Waals surface area contributed by atoms with Crippen LogP contribution in [0.5, 0.6) is 0 Å². The zero-order valence-corrected chi connectivity index (χ0v) is 19.8. The van der Waals surface area contributed by atoms with Crippen LogP contribution in [0.4, 0.5) is 5.95 Å². The number of nitrogens with one attached hydrogen (secondary N) is 1. The van der Waals surface area contributed by atoms with Crippen molar-refractivity contribution in [2.75, 3.05) is 24.7 Å². The van der Waals surface area contributed by atoms with Gasteiger partial charge in [0.2, 0.25) is 16.0 Å². The van der Waals surface area contributed by atoms with Crippen LogP contribution in [0.25, 0.3) is 22.7 Å². The quantitative estimate of drug-likeness (QED) is 0.557. The highest BCUT2D eigenvalue weighted by Gasteiger charge is 2.32. The number of nitrogens with zero attached hydrogens (tertiary/aromatic N) is 7. The van der Waals surface area contributed by atoms with Crippen LogP contribution < -0.4 is 5.32 Å². The Morgan fingerprint density at radius 1 is 1.22 bits per heavy atom. The highest BCUT2D eigenvalue weighted by atomic mass is 35.5. The second kappa shape index (κ2) is 8.50. The number of aliphatic hydroxyl groups is 1. The van der Waals surface area contributed by atoms with E-state index in [1.165, 1.54) is 10.5 Å². The third-order valence-corrected chi connectivity index (χ3v) is 6.96. The number of hydrogen-bond acceptors (Lipinski definition) is 9. The minimum atomic E-state index is -3.35. The third-order valence-electron chi connectivity index (χ3n) is 5.41. The van der Waals surface area contributed by atoms with Gasteiger partial charge in [0.25, 0.3) is 0 Å². The lowest BCUT2D eigenvalue weighted by Crippen LogP contribution is -2.51. The van der Waals surface area contributed by atoms with Gasteiger partial charge in [-0.2, -0.15) is 4.31 Å². The number of halogens is 1. The number of fused-ring (bicyclic) bond motifs is 1. The zero-order chi connectivity index (χ0) is 23.2. The Morgan fingerprint density at radius 2 is 1.97 bits per heavy atom. The van der Waals surface area contributed by atoms with E-state index < -0.39 is 22.2 Å². The topological polar surface area (TPSA) is 139 Å². The molecule has 4 rings (SSSR count). The first kappa shape index (κ1) is 22.8. The summed E-state index contributed by atoms with van der Waals surface area (Å²) in [4.78, 5) is 22.3. The summed E-state index contributed by atoms with van der Waals surface area (Å²) in [5.41, 5.74) is 2.06. The molecule has 2 N–H and O–H groups in total. The Hall–Kier alpha value is -2.41. The fourth-order valence-electron chi connectivity index (χ4n) is 3.86. The van der Waals surface area contributed by atoms with E-state index in [0.29, 0.717) is 40.7 Å². The Bertz CT molecular complexity index is 1260. The second-order valence-electron chi connectivity index (χ2n) is 8.14. The summed E-state index contributed by atoms with van der Waals surface area (Å²) in [6.45, 7) is 6.31. The van der Waals surface area contributed by atoms with Crippen molar-refractivity contribution in [3.63, 3.8) is 0 Å². The minimum absolute atomic E-state index is 0.0115. The van der Waals surface area contributed by atoms with Crippen molar-refractivity contribution in [2.45, 2.75) is 45.4 Å². The maximum atomic E-state index is 11.7. The number of imidazole rings is 1. The number of rotatable bonds is 5. The van der Waals surface area contributed by atoms with E-state index in [-0.39, 0.29) is 18.5 Å². The summed E-state index contributed by atoms with van der Waals surface area (Å²) in [6.07, 6.45) is 3.67. The molecule has 11 nitrogen and oxygen atoms in total. The van der Waals surface area contributed by atoms with Crippen molar-refractivity contribution in [1.29, 1.82) is 0 Å². The number of hydrogen-bond donors (Lipinski definition) is 2. The number of aliphatic hydroxyl groups excluding tert-OH is 1. The third kappa shape index (κ3) is 4.40. The van der Waals surface area contributed by atoms with Gasteiger partial charge in [-0.15, -0.1) is 0 Å². The standard InChI is InChI=1S/C19H25ClN8O3S/c1-10(2)28-11(3)23-17-18(28)24-14(8-21-17)16-12(20)7-22-19(26-16)25-13-5-6-27(9-15(13)29)32(4,30)31/h7-8,10,13,15,29H,5-6,9H2,1-4H3,(H,22,25,26)/t13-,15-/m1/s1. The smallest absolute Gasteiger partial charge is 0.223 e. The molecule has 0 amide bonds. The van der Waals surface area contributed by atoms with Crippen molar-refractivity contribution >= 4 is 38.9 Å². The molecule has 0 unspecified atom stereocenters. The van der Waals surface area contributed by atoms with Crippen LogP contribution in [-0.2, 0) is 10.0 Å². The molecule has 1 aliphatic heterocycles. The van der Waals surface area contributed by atoms with Gasteiger partial charge < -0.3 is 15.0 Å². The fourth-order valence-corrected chi connectivity index (χ4v) is 4.91. The van der Waals surface area contributed by atoms with Crippen LogP contribution in [0.2, 0.25) is 5.02 Å². The van der Waals surface area contributed by atoms with Gasteiger partial charge in [0.15, 0.2) is 11.3 Å². The van der Waals surface area contributed by atoms with Crippen LogP contribution in [0.15, 0.2) is 12.4 Å². The maximum Gasteiger partial charge on any atom is 0.223 e. The molecule has 3 aromatic heterocycles. The molecule has 0 aliphatic carbocycles. The van der Waals surface area contributed by atoms with Crippen molar-refractivity contribution in [3.8, 4) is 11.4 Å². The number of anilines is 1. The molecule has 0 saturated carbocycles. The average molecular weight is 481 g/mol. The highest BCUT2D eigenvalue weighted by Crippen LogP contribution is 2.27. The lowest BCUT2D eigenvalue weighted by Gasteiger charge is -2.34. The molecule has 0 radical (unpaired) electrons. The summed E-state index contributed by atoms with van der Waals surface area (Å²) in [5, 5.41) is 13.8. The number of sulfonamides is 1. The van der Waals surface area contributed by atoms with Gasteiger partial charge in [-0.05, 0) is 27.2 Å². The predicted octanol–water partition coefficient (Wildman–Crippen LogP) is 1.63. The SMILES string of the molecule is Cc1nc2ncc(-c3nc(N[C@@H]4CCN(S(C)(=O)=O)C[C@H]4O)ncc3Cl)nc2n1C(C)C. The molecular weight excluding hydrogens is 456 g/mol. The van der Waals surface area contributed by atoms with Gasteiger partial charge in [-0.3, -0.25) is 0 Å². The van der Waals surface area contributed by atoms with Gasteiger partial charge in [-0.1, -0.05) is 11.6 Å². The normalized spacial score (nSPS) is 20.2. The van der Waals surface area contributed by atoms with E-state index in [0.717, 1.165) is 12.1 Å². The van der Waals surface area contributed by atoms with Crippen LogP contribution in [0.1, 0.15) is 32.1 Å². The number of aromatic nitrogens is 6. The Kier molecular flexibility index (Phi) is 6.05. The van der Waals surface area contributed by atoms with Gasteiger partial charge in [0, 0.05) is 19.1 Å². The molecule has 1 fully saturated rings. The van der Waals surface area contributed by atoms with Crippen LogP contribution >= 0.6 is 11.6 Å². The van der Waals surface area contributed by atoms with Crippen molar-refractivity contribution < 1.29 is 13.5 Å². The first-order valence-corrected chi connectivity index (χ1v) is 12.4. The molecule has 3 aromatic rings. The van der Waals surface area contributed by atoms with Crippen molar-refractivity contribution in [1.82, 2.24) is 33.8 Å². The summed E-state index contributed by atoms with van der Waals surface area (Å²) in [5.74, 6) is 1.08. The van der Waals surface area contributed by atoms with E-state index >= 15 is 0 Å². The molecule has 1 saturated heterocycles. The Labute approximate surface area is 190 Å². The van der Waals surface area contributed by atoms with Gasteiger partial charge in [0.1, 0.15) is 17.2 Å². The molecule has 13 heteroatoms. The summed E-state index contributed by atoms with van der Waals surface area (Å²) < 4.78 is 26.7. The highest BCUT2D eigenvalue weighted by molar-refractivity contribution is 7.88. The van der Waals surface area contributed by atoms with E-state index in [9.17, 15) is 13.5 Å². The van der Waals surface area contributed by atoms with Gasteiger partial charge in [-0.25, -0.2) is 33.3 Å². The summed E-state index contributed by atoms with van der Waals surface area (Å²) in [6, 6.07) is -0.248. The van der Waals surface area contributed by atoms with E-state index in [1.54, 1.807) is 6.20 Å². The molecule has 0 aromatic carbocycles. The van der Waals surface area contributed by atoms with Gasteiger partial charge in [0.05, 0.1) is 35.8 Å². The summed E-state index contributed by atoms with van der Waals surface area (Å²) >= 11 is 6.36. The Morgan fingerprint density at radius 3 is 2.62 bits per heavy atom. The first-order valence-electron chi connectivity index (χ1n) is 10.2.